The van der Waals surface area contributed by atoms with Crippen LogP contribution in [-0.4, -0.2) is 28.5 Å². The van der Waals surface area contributed by atoms with Gasteiger partial charge in [0.1, 0.15) is 15.5 Å². The van der Waals surface area contributed by atoms with Crippen molar-refractivity contribution in [2.45, 2.75) is 26.8 Å². The molecule has 7 nitrogen and oxygen atoms in total. The first-order valence-corrected chi connectivity index (χ1v) is 9.20. The van der Waals surface area contributed by atoms with E-state index in [9.17, 15) is 14.4 Å². The van der Waals surface area contributed by atoms with E-state index in [0.29, 0.717) is 21.6 Å². The molecule has 27 heavy (non-hydrogen) atoms. The average molecular weight is 385 g/mol. The quantitative estimate of drug-likeness (QED) is 0.658. The number of benzene rings is 1. The molecule has 0 radical (unpaired) electrons. The molecule has 1 amide bonds. The van der Waals surface area contributed by atoms with Gasteiger partial charge >= 0.3 is 5.97 Å². The molecule has 2 N–H and O–H groups in total. The van der Waals surface area contributed by atoms with Crippen LogP contribution < -0.4 is 10.9 Å². The number of amides is 1. The van der Waals surface area contributed by atoms with Crippen molar-refractivity contribution < 1.29 is 14.3 Å². The second-order valence-electron chi connectivity index (χ2n) is 6.16. The Labute approximate surface area is 159 Å². The van der Waals surface area contributed by atoms with Crippen LogP contribution in [0.25, 0.3) is 10.2 Å². The van der Waals surface area contributed by atoms with Crippen LogP contribution in [0.4, 0.5) is 0 Å². The number of fused-ring (bicyclic) bond motifs is 1. The Kier molecular flexibility index (Phi) is 5.36. The molecule has 140 valence electrons. The first-order chi connectivity index (χ1) is 12.9. The smallest absolute Gasteiger partial charge is 0.349 e. The molecule has 1 atom stereocenters. The van der Waals surface area contributed by atoms with Gasteiger partial charge in [-0.3, -0.25) is 9.59 Å². The van der Waals surface area contributed by atoms with E-state index in [1.165, 1.54) is 0 Å². The van der Waals surface area contributed by atoms with Crippen molar-refractivity contribution in [3.8, 4) is 0 Å². The van der Waals surface area contributed by atoms with Crippen molar-refractivity contribution >= 4 is 33.4 Å². The van der Waals surface area contributed by atoms with Crippen LogP contribution in [0.5, 0.6) is 0 Å². The highest BCUT2D eigenvalue weighted by Gasteiger charge is 2.21. The van der Waals surface area contributed by atoms with E-state index in [1.807, 2.05) is 37.3 Å². The zero-order valence-electron chi connectivity index (χ0n) is 15.2. The Morgan fingerprint density at radius 1 is 1.26 bits per heavy atom. The summed E-state index contributed by atoms with van der Waals surface area (Å²) in [5, 5.41) is 3.16. The highest BCUT2D eigenvalue weighted by atomic mass is 32.1. The number of ether oxygens (including phenoxy) is 1. The molecule has 0 saturated carbocycles. The second-order valence-corrected chi connectivity index (χ2v) is 7.16. The second kappa shape index (κ2) is 7.71. The van der Waals surface area contributed by atoms with E-state index in [1.54, 1.807) is 13.8 Å². The normalized spacial score (nSPS) is 12.0. The number of aromatic amines is 1. The van der Waals surface area contributed by atoms with Crippen LogP contribution in [0.15, 0.2) is 35.1 Å². The number of carbonyl (C=O) groups is 2. The first kappa shape index (κ1) is 18.8. The molecule has 0 saturated heterocycles. The summed E-state index contributed by atoms with van der Waals surface area (Å²) in [6.45, 7) is 4.79. The number of carbonyl (C=O) groups excluding carboxylic acids is 2. The van der Waals surface area contributed by atoms with Crippen LogP contribution in [0, 0.1) is 13.8 Å². The van der Waals surface area contributed by atoms with E-state index in [2.05, 4.69) is 15.3 Å². The van der Waals surface area contributed by atoms with Crippen molar-refractivity contribution in [1.29, 1.82) is 0 Å². The van der Waals surface area contributed by atoms with Gasteiger partial charge < -0.3 is 15.0 Å². The van der Waals surface area contributed by atoms with Crippen LogP contribution in [-0.2, 0) is 9.53 Å². The number of H-pyrrole nitrogens is 1. The third-order valence-electron chi connectivity index (χ3n) is 4.12. The number of esters is 1. The minimum Gasteiger partial charge on any atom is -0.451 e. The predicted octanol–water partition coefficient (Wildman–Crippen LogP) is 2.64. The van der Waals surface area contributed by atoms with Gasteiger partial charge in [0, 0.05) is 0 Å². The monoisotopic (exact) mass is 385 g/mol. The van der Waals surface area contributed by atoms with Gasteiger partial charge in [0.2, 0.25) is 0 Å². The van der Waals surface area contributed by atoms with Gasteiger partial charge in [0.15, 0.2) is 6.61 Å². The summed E-state index contributed by atoms with van der Waals surface area (Å²) in [6, 6.07) is 9.29. The highest BCUT2D eigenvalue weighted by molar-refractivity contribution is 7.20. The average Bonchev–Trinajstić information content (AvgIpc) is 2.97. The molecule has 8 heteroatoms. The zero-order chi connectivity index (χ0) is 19.6. The molecular formula is C19H19N3O4S. The summed E-state index contributed by atoms with van der Waals surface area (Å²) >= 11 is 1.09. The molecule has 0 aliphatic rings. The largest absolute Gasteiger partial charge is 0.451 e. The number of rotatable bonds is 5. The molecule has 1 aromatic carbocycles. The van der Waals surface area contributed by atoms with Gasteiger partial charge in [-0.25, -0.2) is 9.78 Å². The maximum absolute atomic E-state index is 12.4. The molecule has 3 aromatic rings. The van der Waals surface area contributed by atoms with E-state index in [0.717, 1.165) is 16.9 Å². The number of aromatic nitrogens is 2. The Morgan fingerprint density at radius 3 is 2.67 bits per heavy atom. The summed E-state index contributed by atoms with van der Waals surface area (Å²) in [4.78, 5) is 44.1. The molecule has 2 aromatic heterocycles. The Morgan fingerprint density at radius 2 is 1.96 bits per heavy atom. The maximum Gasteiger partial charge on any atom is 0.349 e. The van der Waals surface area contributed by atoms with Gasteiger partial charge in [0.25, 0.3) is 11.5 Å². The third-order valence-corrected chi connectivity index (χ3v) is 5.28. The molecular weight excluding hydrogens is 366 g/mol. The van der Waals surface area contributed by atoms with Crippen LogP contribution in [0.2, 0.25) is 0 Å². The van der Waals surface area contributed by atoms with Crippen LogP contribution >= 0.6 is 11.3 Å². The molecule has 3 rings (SSSR count). The summed E-state index contributed by atoms with van der Waals surface area (Å²) < 4.78 is 5.13. The van der Waals surface area contributed by atoms with Crippen molar-refractivity contribution in [3.05, 3.63) is 62.5 Å². The zero-order valence-corrected chi connectivity index (χ0v) is 16.0. The van der Waals surface area contributed by atoms with Crippen molar-refractivity contribution in [2.75, 3.05) is 6.61 Å². The van der Waals surface area contributed by atoms with Crippen LogP contribution in [0.1, 0.15) is 39.6 Å². The van der Waals surface area contributed by atoms with Crippen molar-refractivity contribution in [2.24, 2.45) is 0 Å². The number of hydrogen-bond acceptors (Lipinski definition) is 6. The number of hydrogen-bond donors (Lipinski definition) is 2. The van der Waals surface area contributed by atoms with Gasteiger partial charge in [0.05, 0.1) is 11.4 Å². The minimum absolute atomic E-state index is 0.200. The number of nitrogens with zero attached hydrogens (tertiary/aromatic N) is 1. The van der Waals surface area contributed by atoms with Crippen molar-refractivity contribution in [1.82, 2.24) is 15.3 Å². The lowest BCUT2D eigenvalue weighted by molar-refractivity contribution is -0.124. The van der Waals surface area contributed by atoms with Gasteiger partial charge in [-0.1, -0.05) is 30.3 Å². The molecule has 0 aliphatic carbocycles. The summed E-state index contributed by atoms with van der Waals surface area (Å²) in [6.07, 6.45) is 0. The third kappa shape index (κ3) is 4.06. The molecule has 0 bridgehead atoms. The summed E-state index contributed by atoms with van der Waals surface area (Å²) in [5.74, 6) is -0.566. The van der Waals surface area contributed by atoms with E-state index < -0.39 is 18.5 Å². The Bertz CT molecular complexity index is 1060. The van der Waals surface area contributed by atoms with E-state index >= 15 is 0 Å². The number of aryl methyl sites for hydroxylation is 2. The lowest BCUT2D eigenvalue weighted by Gasteiger charge is -2.14. The topological polar surface area (TPSA) is 101 Å². The first-order valence-electron chi connectivity index (χ1n) is 8.38. The number of thiophene rings is 1. The summed E-state index contributed by atoms with van der Waals surface area (Å²) in [5.41, 5.74) is 1.17. The molecule has 0 aliphatic heterocycles. The fraction of sp³-hybridized carbons (Fsp3) is 0.263. The lowest BCUT2D eigenvalue weighted by Crippen LogP contribution is -2.31. The molecule has 0 spiro atoms. The molecule has 0 unspecified atom stereocenters. The Balaban J connectivity index is 1.67. The SMILES string of the molecule is Cc1nc2sc(C(=O)OCC(=O)N[C@@H](C)c3ccccc3)c(C)c2c(=O)[nH]1. The fourth-order valence-corrected chi connectivity index (χ4v) is 3.87. The minimum atomic E-state index is -0.643. The summed E-state index contributed by atoms with van der Waals surface area (Å²) in [7, 11) is 0. The van der Waals surface area contributed by atoms with Gasteiger partial charge in [-0.15, -0.1) is 11.3 Å². The standard InChI is InChI=1S/C19H19N3O4S/c1-10-15-17(24)21-12(3)22-18(15)27-16(10)19(25)26-9-14(23)20-11(2)13-7-5-4-6-8-13/h4-8,11H,9H2,1-3H3,(H,20,23)(H,21,22,24)/t11-/m0/s1. The number of nitrogens with one attached hydrogen (secondary N) is 2. The molecule has 0 fully saturated rings. The van der Waals surface area contributed by atoms with E-state index in [-0.39, 0.29) is 16.5 Å². The highest BCUT2D eigenvalue weighted by Crippen LogP contribution is 2.27. The van der Waals surface area contributed by atoms with Crippen molar-refractivity contribution in [3.63, 3.8) is 0 Å². The van der Waals surface area contributed by atoms with Gasteiger partial charge in [-0.05, 0) is 31.9 Å². The fourth-order valence-electron chi connectivity index (χ4n) is 2.75. The van der Waals surface area contributed by atoms with Crippen LogP contribution in [0.3, 0.4) is 0 Å². The molecule has 2 heterocycles. The predicted molar refractivity (Wildman–Crippen MR) is 103 cm³/mol. The lowest BCUT2D eigenvalue weighted by atomic mass is 10.1. The van der Waals surface area contributed by atoms with Gasteiger partial charge in [-0.2, -0.15) is 0 Å². The van der Waals surface area contributed by atoms with E-state index in [4.69, 9.17) is 4.74 Å². The maximum atomic E-state index is 12.4. The Hall–Kier alpha value is -3.00.